The van der Waals surface area contributed by atoms with E-state index in [2.05, 4.69) is 15.2 Å². The van der Waals surface area contributed by atoms with Crippen molar-refractivity contribution in [2.24, 2.45) is 0 Å². The van der Waals surface area contributed by atoms with Crippen LogP contribution >= 0.6 is 23.2 Å². The van der Waals surface area contributed by atoms with Gasteiger partial charge in [0.25, 0.3) is 0 Å². The van der Waals surface area contributed by atoms with Gasteiger partial charge in [-0.3, -0.25) is 0 Å². The third kappa shape index (κ3) is 3.97. The summed E-state index contributed by atoms with van der Waals surface area (Å²) < 4.78 is 12.9. The van der Waals surface area contributed by atoms with Gasteiger partial charge < -0.3 is 9.47 Å². The molecule has 0 aliphatic carbocycles. The Hall–Kier alpha value is -3.27. The van der Waals surface area contributed by atoms with Gasteiger partial charge in [-0.05, 0) is 48.0 Å². The number of fused-ring (bicyclic) bond motifs is 1. The van der Waals surface area contributed by atoms with Crippen molar-refractivity contribution in [2.75, 3.05) is 7.11 Å². The summed E-state index contributed by atoms with van der Waals surface area (Å²) in [5.41, 5.74) is 2.72. The molecule has 1 aromatic heterocycles. The molecule has 0 aliphatic heterocycles. The molecule has 0 unspecified atom stereocenters. The number of nitrogens with zero attached hydrogens (tertiary/aromatic N) is 4. The van der Waals surface area contributed by atoms with Crippen LogP contribution in [0.2, 0.25) is 10.0 Å². The van der Waals surface area contributed by atoms with Crippen LogP contribution in [-0.4, -0.2) is 22.1 Å². The SMILES string of the molecule is [C-]#[N+]c1cc(Cl)cc(Oc2c(Cl)ccc3c2nnn3Cc2ccc(OC)cc2)c1. The summed E-state index contributed by atoms with van der Waals surface area (Å²) in [6, 6.07) is 16.1. The Kier molecular flexibility index (Phi) is 5.26. The molecule has 0 fully saturated rings. The van der Waals surface area contributed by atoms with Gasteiger partial charge in [-0.2, -0.15) is 0 Å². The third-order valence-electron chi connectivity index (χ3n) is 4.29. The largest absolute Gasteiger partial charge is 0.497 e. The number of halogens is 2. The van der Waals surface area contributed by atoms with Crippen molar-refractivity contribution in [3.8, 4) is 17.2 Å². The second-order valence-electron chi connectivity index (χ2n) is 6.20. The van der Waals surface area contributed by atoms with E-state index in [4.69, 9.17) is 39.2 Å². The van der Waals surface area contributed by atoms with Crippen LogP contribution in [0.1, 0.15) is 5.56 Å². The van der Waals surface area contributed by atoms with Crippen molar-refractivity contribution < 1.29 is 9.47 Å². The van der Waals surface area contributed by atoms with Gasteiger partial charge in [0.05, 0.1) is 30.8 Å². The number of hydrogen-bond donors (Lipinski definition) is 0. The number of rotatable bonds is 5. The Balaban J connectivity index is 1.69. The first-order chi connectivity index (χ1) is 14.1. The summed E-state index contributed by atoms with van der Waals surface area (Å²) in [6.45, 7) is 7.71. The molecule has 0 bridgehead atoms. The first-order valence-corrected chi connectivity index (χ1v) is 9.33. The van der Waals surface area contributed by atoms with Crippen molar-refractivity contribution in [1.29, 1.82) is 0 Å². The molecule has 0 aliphatic rings. The van der Waals surface area contributed by atoms with Crippen LogP contribution in [0.5, 0.6) is 17.2 Å². The minimum absolute atomic E-state index is 0.364. The van der Waals surface area contributed by atoms with E-state index < -0.39 is 0 Å². The first kappa shape index (κ1) is 19.1. The summed E-state index contributed by atoms with van der Waals surface area (Å²) in [4.78, 5) is 3.39. The molecule has 3 aromatic carbocycles. The molecule has 4 aromatic rings. The predicted molar refractivity (Wildman–Crippen MR) is 112 cm³/mol. The van der Waals surface area contributed by atoms with Crippen LogP contribution in [0.4, 0.5) is 5.69 Å². The summed E-state index contributed by atoms with van der Waals surface area (Å²) in [6.07, 6.45) is 0. The highest BCUT2D eigenvalue weighted by Crippen LogP contribution is 2.37. The molecule has 0 amide bonds. The third-order valence-corrected chi connectivity index (χ3v) is 4.81. The van der Waals surface area contributed by atoms with E-state index in [1.165, 1.54) is 0 Å². The van der Waals surface area contributed by atoms with Gasteiger partial charge in [-0.25, -0.2) is 9.53 Å². The zero-order chi connectivity index (χ0) is 20.4. The molecule has 0 radical (unpaired) electrons. The first-order valence-electron chi connectivity index (χ1n) is 8.58. The smallest absolute Gasteiger partial charge is 0.192 e. The fourth-order valence-electron chi connectivity index (χ4n) is 2.89. The molecule has 1 heterocycles. The minimum Gasteiger partial charge on any atom is -0.497 e. The molecular formula is C21H14Cl2N4O2. The lowest BCUT2D eigenvalue weighted by Crippen LogP contribution is -2.01. The highest BCUT2D eigenvalue weighted by Gasteiger charge is 2.16. The predicted octanol–water partition coefficient (Wildman–Crippen LogP) is 6.14. The van der Waals surface area contributed by atoms with Crippen molar-refractivity contribution in [3.05, 3.63) is 81.6 Å². The van der Waals surface area contributed by atoms with Crippen LogP contribution in [0.25, 0.3) is 15.9 Å². The Morgan fingerprint density at radius 1 is 1.03 bits per heavy atom. The number of aromatic nitrogens is 3. The maximum atomic E-state index is 7.18. The second kappa shape index (κ2) is 8.00. The van der Waals surface area contributed by atoms with Gasteiger partial charge in [-0.1, -0.05) is 40.5 Å². The molecule has 0 N–H and O–H groups in total. The van der Waals surface area contributed by atoms with E-state index in [1.807, 2.05) is 30.3 Å². The van der Waals surface area contributed by atoms with Gasteiger partial charge in [0, 0.05) is 5.02 Å². The van der Waals surface area contributed by atoms with Crippen LogP contribution in [0.3, 0.4) is 0 Å². The lowest BCUT2D eigenvalue weighted by Gasteiger charge is -2.10. The molecule has 0 atom stereocenters. The topological polar surface area (TPSA) is 53.5 Å². The van der Waals surface area contributed by atoms with Crippen LogP contribution in [0.15, 0.2) is 54.6 Å². The molecule has 29 heavy (non-hydrogen) atoms. The summed E-state index contributed by atoms with van der Waals surface area (Å²) in [5, 5.41) is 9.30. The Morgan fingerprint density at radius 3 is 2.55 bits per heavy atom. The van der Waals surface area contributed by atoms with Crippen molar-refractivity contribution in [3.63, 3.8) is 0 Å². The van der Waals surface area contributed by atoms with E-state index in [0.29, 0.717) is 39.3 Å². The molecule has 0 spiro atoms. The summed E-state index contributed by atoms with van der Waals surface area (Å²) in [5.74, 6) is 1.56. The monoisotopic (exact) mass is 424 g/mol. The Bertz CT molecular complexity index is 1230. The normalized spacial score (nSPS) is 10.7. The van der Waals surface area contributed by atoms with E-state index in [0.717, 1.165) is 16.8 Å². The lowest BCUT2D eigenvalue weighted by molar-refractivity contribution is 0.414. The molecule has 144 valence electrons. The molecule has 4 rings (SSSR count). The van der Waals surface area contributed by atoms with Gasteiger partial charge in [-0.15, -0.1) is 5.10 Å². The Morgan fingerprint density at radius 2 is 1.83 bits per heavy atom. The average Bonchev–Trinajstić information content (AvgIpc) is 3.13. The fourth-order valence-corrected chi connectivity index (χ4v) is 3.31. The van der Waals surface area contributed by atoms with Gasteiger partial charge in [0.1, 0.15) is 11.5 Å². The standard InChI is InChI=1S/C21H14Cl2N4O2/c1-24-15-9-14(22)10-17(11-15)29-21-18(23)7-8-19-20(21)25-26-27(19)12-13-3-5-16(28-2)6-4-13/h3-11H,12H2,2H3. The van der Waals surface area contributed by atoms with E-state index in [1.54, 1.807) is 36.1 Å². The van der Waals surface area contributed by atoms with E-state index in [-0.39, 0.29) is 0 Å². The van der Waals surface area contributed by atoms with Crippen LogP contribution in [-0.2, 0) is 6.54 Å². The lowest BCUT2D eigenvalue weighted by atomic mass is 10.2. The van der Waals surface area contributed by atoms with E-state index >= 15 is 0 Å². The molecule has 0 saturated carbocycles. The fraction of sp³-hybridized carbons (Fsp3) is 0.0952. The van der Waals surface area contributed by atoms with Crippen LogP contribution in [0, 0.1) is 6.57 Å². The molecule has 0 saturated heterocycles. The quantitative estimate of drug-likeness (QED) is 0.361. The zero-order valence-corrected chi connectivity index (χ0v) is 16.8. The highest BCUT2D eigenvalue weighted by molar-refractivity contribution is 6.33. The molecule has 8 heteroatoms. The Labute approximate surface area is 177 Å². The number of hydrogen-bond acceptors (Lipinski definition) is 4. The maximum absolute atomic E-state index is 7.18. The summed E-state index contributed by atoms with van der Waals surface area (Å²) >= 11 is 12.4. The number of methoxy groups -OCH3 is 1. The molecular weight excluding hydrogens is 411 g/mol. The second-order valence-corrected chi connectivity index (χ2v) is 7.04. The van der Waals surface area contributed by atoms with Crippen molar-refractivity contribution in [2.45, 2.75) is 6.54 Å². The van der Waals surface area contributed by atoms with Crippen molar-refractivity contribution >= 4 is 39.9 Å². The van der Waals surface area contributed by atoms with E-state index in [9.17, 15) is 0 Å². The average molecular weight is 425 g/mol. The maximum Gasteiger partial charge on any atom is 0.192 e. The van der Waals surface area contributed by atoms with Crippen molar-refractivity contribution in [1.82, 2.24) is 15.0 Å². The van der Waals surface area contributed by atoms with Gasteiger partial charge in [0.2, 0.25) is 0 Å². The number of benzene rings is 3. The van der Waals surface area contributed by atoms with Crippen LogP contribution < -0.4 is 9.47 Å². The molecule has 6 nitrogen and oxygen atoms in total. The number of ether oxygens (including phenoxy) is 2. The zero-order valence-electron chi connectivity index (χ0n) is 15.3. The summed E-state index contributed by atoms with van der Waals surface area (Å²) in [7, 11) is 1.63. The highest BCUT2D eigenvalue weighted by atomic mass is 35.5. The van der Waals surface area contributed by atoms with Gasteiger partial charge >= 0.3 is 0 Å². The van der Waals surface area contributed by atoms with Gasteiger partial charge in [0.15, 0.2) is 17.0 Å². The minimum atomic E-state index is 0.364.